The third-order valence-electron chi connectivity index (χ3n) is 7.66. The maximum absolute atomic E-state index is 13.9. The fourth-order valence-corrected chi connectivity index (χ4v) is 8.96. The Morgan fingerprint density at radius 1 is 0.891 bits per heavy atom. The van der Waals surface area contributed by atoms with Crippen LogP contribution in [0.25, 0.3) is 20.8 Å². The number of hydrogen-bond donors (Lipinski definition) is 2. The van der Waals surface area contributed by atoms with Gasteiger partial charge in [-0.3, -0.25) is 14.4 Å². The van der Waals surface area contributed by atoms with Gasteiger partial charge in [0.15, 0.2) is 0 Å². The van der Waals surface area contributed by atoms with Crippen molar-refractivity contribution in [2.75, 3.05) is 16.6 Å². The van der Waals surface area contributed by atoms with Gasteiger partial charge in [-0.2, -0.15) is 0 Å². The van der Waals surface area contributed by atoms with Crippen LogP contribution in [0.3, 0.4) is 0 Å². The molecule has 1 aliphatic heterocycles. The van der Waals surface area contributed by atoms with Gasteiger partial charge in [0.1, 0.15) is 15.8 Å². The van der Waals surface area contributed by atoms with Crippen molar-refractivity contribution in [2.24, 2.45) is 0 Å². The molecule has 0 saturated carbocycles. The molecule has 7 nitrogen and oxygen atoms in total. The Balaban J connectivity index is 0.00000372. The average molecular weight is 691 g/mol. The maximum atomic E-state index is 13.9. The molecule has 2 N–H and O–H groups in total. The number of hydrogen-bond acceptors (Lipinski definition) is 7. The minimum atomic E-state index is -4.07. The van der Waals surface area contributed by atoms with E-state index in [9.17, 15) is 17.6 Å². The molecule has 0 unspecified atom stereocenters. The summed E-state index contributed by atoms with van der Waals surface area (Å²) in [4.78, 5) is 22.3. The second-order valence-electron chi connectivity index (χ2n) is 10.7. The van der Waals surface area contributed by atoms with Crippen molar-refractivity contribution in [3.63, 3.8) is 0 Å². The van der Waals surface area contributed by atoms with Crippen molar-refractivity contribution >= 4 is 71.9 Å². The summed E-state index contributed by atoms with van der Waals surface area (Å²) in [7, 11) is -4.07. The predicted octanol–water partition coefficient (Wildman–Crippen LogP) is 8.20. The van der Waals surface area contributed by atoms with Gasteiger partial charge in [-0.05, 0) is 66.1 Å². The lowest BCUT2D eigenvalue weighted by atomic mass is 10.0. The quantitative estimate of drug-likeness (QED) is 0.168. The van der Waals surface area contributed by atoms with Crippen LogP contribution in [0.5, 0.6) is 0 Å². The summed E-state index contributed by atoms with van der Waals surface area (Å²) in [6.45, 7) is 2.45. The molecule has 0 fully saturated rings. The number of nitrogens with zero attached hydrogens (tertiary/aromatic N) is 2. The third-order valence-corrected chi connectivity index (χ3v) is 11.2. The number of amides is 1. The SMILES string of the molecule is Cl.O=C(Nc1sc2c(c1-c1nc3ccccc3s1)CCN(Cc1ccccc1)C2)c1ccccc1NS(=O)(=O)c1ccc(F)cc1. The van der Waals surface area contributed by atoms with E-state index in [0.29, 0.717) is 5.00 Å². The molecule has 1 amide bonds. The van der Waals surface area contributed by atoms with E-state index in [1.165, 1.54) is 34.2 Å². The first-order valence-corrected chi connectivity index (χ1v) is 17.4. The molecule has 7 rings (SSSR count). The Labute approximate surface area is 280 Å². The molecule has 234 valence electrons. The van der Waals surface area contributed by atoms with E-state index >= 15 is 0 Å². The van der Waals surface area contributed by atoms with Crippen LogP contribution in [-0.4, -0.2) is 30.8 Å². The minimum absolute atomic E-state index is 0. The Morgan fingerprint density at radius 3 is 2.39 bits per heavy atom. The van der Waals surface area contributed by atoms with E-state index in [4.69, 9.17) is 4.98 Å². The Morgan fingerprint density at radius 2 is 1.61 bits per heavy atom. The Hall–Kier alpha value is -4.13. The number of aromatic nitrogens is 1. The molecular weight excluding hydrogens is 663 g/mol. The van der Waals surface area contributed by atoms with E-state index in [-0.39, 0.29) is 28.6 Å². The van der Waals surface area contributed by atoms with Gasteiger partial charge < -0.3 is 5.32 Å². The molecule has 0 bridgehead atoms. The van der Waals surface area contributed by atoms with Crippen LogP contribution in [-0.2, 0) is 29.5 Å². The Bertz CT molecular complexity index is 2100. The number of sulfonamides is 1. The van der Waals surface area contributed by atoms with Crippen molar-refractivity contribution in [1.82, 2.24) is 9.88 Å². The number of halogens is 2. The lowest BCUT2D eigenvalue weighted by Crippen LogP contribution is -2.29. The van der Waals surface area contributed by atoms with Gasteiger partial charge in [-0.15, -0.1) is 35.1 Å². The van der Waals surface area contributed by atoms with E-state index in [1.54, 1.807) is 40.9 Å². The standard InChI is InChI=1S/C34H27FN4O3S3.ClH/c35-23-14-16-24(17-15-23)45(41,42)38-27-11-5-4-10-25(27)32(40)37-34-31(33-36-28-12-6-7-13-29(28)43-33)26-18-19-39(21-30(26)44-34)20-22-8-2-1-3-9-22;/h1-17,38H,18-21H2,(H,37,40);1H. The van der Waals surface area contributed by atoms with Crippen LogP contribution in [0, 0.1) is 5.82 Å². The normalized spacial score (nSPS) is 13.2. The number of anilines is 2. The van der Waals surface area contributed by atoms with E-state index in [0.717, 1.165) is 59.0 Å². The first-order chi connectivity index (χ1) is 21.8. The van der Waals surface area contributed by atoms with Crippen LogP contribution in [0.2, 0.25) is 0 Å². The van der Waals surface area contributed by atoms with Gasteiger partial charge in [0.05, 0.1) is 26.4 Å². The number of carbonyl (C=O) groups is 1. The molecule has 0 radical (unpaired) electrons. The molecule has 0 spiro atoms. The molecule has 0 saturated heterocycles. The van der Waals surface area contributed by atoms with Crippen molar-refractivity contribution < 1.29 is 17.6 Å². The molecule has 1 aliphatic rings. The lowest BCUT2D eigenvalue weighted by Gasteiger charge is -2.27. The van der Waals surface area contributed by atoms with Crippen LogP contribution in [0.15, 0.2) is 108 Å². The molecule has 0 atom stereocenters. The molecule has 4 aromatic carbocycles. The zero-order valence-electron chi connectivity index (χ0n) is 24.3. The highest BCUT2D eigenvalue weighted by Gasteiger charge is 2.29. The first kappa shape index (κ1) is 31.8. The van der Waals surface area contributed by atoms with Gasteiger partial charge in [-0.1, -0.05) is 54.6 Å². The summed E-state index contributed by atoms with van der Waals surface area (Å²) in [5.41, 5.74) is 4.54. The number of carbonyl (C=O) groups excluding carboxylic acids is 1. The number of benzene rings is 4. The summed E-state index contributed by atoms with van der Waals surface area (Å²) >= 11 is 3.13. The number of thiazole rings is 1. The number of nitrogens with one attached hydrogen (secondary N) is 2. The van der Waals surface area contributed by atoms with Crippen molar-refractivity contribution in [3.8, 4) is 10.6 Å². The van der Waals surface area contributed by atoms with Crippen molar-refractivity contribution in [2.45, 2.75) is 24.4 Å². The highest BCUT2D eigenvalue weighted by atomic mass is 35.5. The lowest BCUT2D eigenvalue weighted by molar-refractivity contribution is 0.102. The molecular formula is C34H28ClFN4O3S3. The summed E-state index contributed by atoms with van der Waals surface area (Å²) in [5.74, 6) is -0.992. The average Bonchev–Trinajstić information content (AvgIpc) is 3.62. The highest BCUT2D eigenvalue weighted by molar-refractivity contribution is 7.92. The molecule has 6 aromatic rings. The molecule has 12 heteroatoms. The van der Waals surface area contributed by atoms with Gasteiger partial charge in [0.2, 0.25) is 0 Å². The third kappa shape index (κ3) is 6.55. The predicted molar refractivity (Wildman–Crippen MR) is 186 cm³/mol. The fraction of sp³-hybridized carbons (Fsp3) is 0.118. The number of rotatable bonds is 8. The molecule has 3 heterocycles. The zero-order chi connectivity index (χ0) is 31.0. The topological polar surface area (TPSA) is 91.4 Å². The zero-order valence-corrected chi connectivity index (χ0v) is 27.5. The number of thiophene rings is 1. The summed E-state index contributed by atoms with van der Waals surface area (Å²) in [6.07, 6.45) is 0.813. The van der Waals surface area contributed by atoms with Crippen LogP contribution >= 0.6 is 35.1 Å². The van der Waals surface area contributed by atoms with Gasteiger partial charge in [0.25, 0.3) is 15.9 Å². The molecule has 46 heavy (non-hydrogen) atoms. The first-order valence-electron chi connectivity index (χ1n) is 14.3. The van der Waals surface area contributed by atoms with E-state index < -0.39 is 21.7 Å². The fourth-order valence-electron chi connectivity index (χ4n) is 5.48. The van der Waals surface area contributed by atoms with Crippen molar-refractivity contribution in [1.29, 1.82) is 0 Å². The smallest absolute Gasteiger partial charge is 0.261 e. The van der Waals surface area contributed by atoms with Crippen molar-refractivity contribution in [3.05, 3.63) is 131 Å². The largest absolute Gasteiger partial charge is 0.313 e. The summed E-state index contributed by atoms with van der Waals surface area (Å²) < 4.78 is 43.2. The maximum Gasteiger partial charge on any atom is 0.261 e. The second kappa shape index (κ2) is 13.3. The minimum Gasteiger partial charge on any atom is -0.313 e. The summed E-state index contributed by atoms with van der Waals surface area (Å²) in [5, 5.41) is 4.63. The van der Waals surface area contributed by atoms with Crippen LogP contribution < -0.4 is 10.0 Å². The highest BCUT2D eigenvalue weighted by Crippen LogP contribution is 2.46. The van der Waals surface area contributed by atoms with Gasteiger partial charge >= 0.3 is 0 Å². The monoisotopic (exact) mass is 690 g/mol. The van der Waals surface area contributed by atoms with Crippen LogP contribution in [0.1, 0.15) is 26.4 Å². The van der Waals surface area contributed by atoms with Crippen LogP contribution in [0.4, 0.5) is 15.1 Å². The number of para-hydroxylation sites is 2. The molecule has 2 aromatic heterocycles. The van der Waals surface area contributed by atoms with E-state index in [2.05, 4.69) is 27.1 Å². The van der Waals surface area contributed by atoms with Gasteiger partial charge in [0, 0.05) is 30.1 Å². The molecule has 0 aliphatic carbocycles. The Kier molecular flexibility index (Phi) is 9.21. The van der Waals surface area contributed by atoms with E-state index in [1.807, 2.05) is 42.5 Å². The summed E-state index contributed by atoms with van der Waals surface area (Å²) in [6, 6.07) is 29.3. The second-order valence-corrected chi connectivity index (χ2v) is 14.5. The van der Waals surface area contributed by atoms with Gasteiger partial charge in [-0.25, -0.2) is 17.8 Å². The number of fused-ring (bicyclic) bond motifs is 2.